The molecule has 0 aliphatic carbocycles. The average Bonchev–Trinajstić information content (AvgIpc) is 2.17. The highest BCUT2D eigenvalue weighted by atomic mass is 15.1. The summed E-state index contributed by atoms with van der Waals surface area (Å²) >= 11 is 0. The second-order valence-corrected chi connectivity index (χ2v) is 4.06. The molecular formula is C12H19N3. The van der Waals surface area contributed by atoms with Crippen molar-refractivity contribution in [3.05, 3.63) is 23.7 Å². The topological polar surface area (TPSA) is 29.0 Å². The largest absolute Gasteiger partial charge is 0.363 e. The smallest absolute Gasteiger partial charge is 0.154 e. The minimum Gasteiger partial charge on any atom is -0.363 e. The first-order valence-corrected chi connectivity index (χ1v) is 5.23. The van der Waals surface area contributed by atoms with E-state index in [1.165, 1.54) is 0 Å². The number of rotatable bonds is 3. The Morgan fingerprint density at radius 1 is 1.27 bits per heavy atom. The molecule has 3 heteroatoms. The van der Waals surface area contributed by atoms with Gasteiger partial charge in [0.2, 0.25) is 0 Å². The summed E-state index contributed by atoms with van der Waals surface area (Å²) in [6.07, 6.45) is 3.89. The lowest BCUT2D eigenvalue weighted by molar-refractivity contribution is 0.807. The van der Waals surface area contributed by atoms with E-state index in [9.17, 15) is 0 Å². The van der Waals surface area contributed by atoms with Crippen LogP contribution in [0.2, 0.25) is 0 Å². The Kier molecular flexibility index (Phi) is 3.83. The fraction of sp³-hybridized carbons (Fsp3) is 0.500. The van der Waals surface area contributed by atoms with Gasteiger partial charge in [-0.05, 0) is 18.9 Å². The lowest BCUT2D eigenvalue weighted by atomic mass is 10.1. The van der Waals surface area contributed by atoms with Crippen molar-refractivity contribution in [3.63, 3.8) is 0 Å². The Morgan fingerprint density at radius 3 is 2.40 bits per heavy atom. The predicted octanol–water partition coefficient (Wildman–Crippen LogP) is 2.70. The maximum Gasteiger partial charge on any atom is 0.154 e. The van der Waals surface area contributed by atoms with Gasteiger partial charge in [-0.2, -0.15) is 0 Å². The van der Waals surface area contributed by atoms with Gasteiger partial charge in [-0.15, -0.1) is 0 Å². The van der Waals surface area contributed by atoms with Crippen LogP contribution in [0.4, 0.5) is 5.82 Å². The molecule has 0 aliphatic rings. The molecule has 0 radical (unpaired) electrons. The minimum absolute atomic E-state index is 0.427. The summed E-state index contributed by atoms with van der Waals surface area (Å²) < 4.78 is 0. The molecule has 0 aromatic carbocycles. The Labute approximate surface area is 91.9 Å². The highest BCUT2D eigenvalue weighted by molar-refractivity contribution is 5.46. The molecule has 1 aromatic heterocycles. The summed E-state index contributed by atoms with van der Waals surface area (Å²) in [6.45, 7) is 6.25. The van der Waals surface area contributed by atoms with E-state index in [0.717, 1.165) is 17.3 Å². The molecule has 3 nitrogen and oxygen atoms in total. The Morgan fingerprint density at radius 2 is 1.93 bits per heavy atom. The SMILES string of the molecule is C/C=C/c1nc(C(C)C)cc(N(C)C)n1. The number of aromatic nitrogens is 2. The summed E-state index contributed by atoms with van der Waals surface area (Å²) in [5, 5.41) is 0. The Balaban J connectivity index is 3.20. The molecule has 15 heavy (non-hydrogen) atoms. The summed E-state index contributed by atoms with van der Waals surface area (Å²) in [6, 6.07) is 2.04. The Hall–Kier alpha value is -1.38. The highest BCUT2D eigenvalue weighted by Crippen LogP contribution is 2.17. The molecule has 82 valence electrons. The highest BCUT2D eigenvalue weighted by Gasteiger charge is 2.07. The molecule has 0 amide bonds. The van der Waals surface area contributed by atoms with Crippen LogP contribution >= 0.6 is 0 Å². The van der Waals surface area contributed by atoms with Crippen LogP contribution in [0, 0.1) is 0 Å². The van der Waals surface area contributed by atoms with E-state index in [4.69, 9.17) is 0 Å². The van der Waals surface area contributed by atoms with Gasteiger partial charge < -0.3 is 4.90 Å². The van der Waals surface area contributed by atoms with Gasteiger partial charge in [0.15, 0.2) is 5.82 Å². The molecule has 0 fully saturated rings. The van der Waals surface area contributed by atoms with Crippen molar-refractivity contribution < 1.29 is 0 Å². The van der Waals surface area contributed by atoms with Gasteiger partial charge in [-0.1, -0.05) is 19.9 Å². The molecule has 0 atom stereocenters. The first kappa shape index (κ1) is 11.7. The summed E-state index contributed by atoms with van der Waals surface area (Å²) in [7, 11) is 3.98. The van der Waals surface area contributed by atoms with Crippen LogP contribution in [0.3, 0.4) is 0 Å². The molecule has 0 aliphatic heterocycles. The fourth-order valence-electron chi connectivity index (χ4n) is 1.22. The molecule has 1 aromatic rings. The third-order valence-corrected chi connectivity index (χ3v) is 2.12. The van der Waals surface area contributed by atoms with Crippen molar-refractivity contribution in [2.24, 2.45) is 0 Å². The third-order valence-electron chi connectivity index (χ3n) is 2.12. The van der Waals surface area contributed by atoms with E-state index in [1.807, 2.05) is 44.1 Å². The second kappa shape index (κ2) is 4.91. The number of allylic oxidation sites excluding steroid dienone is 1. The van der Waals surface area contributed by atoms with Crippen LogP contribution in [0.25, 0.3) is 6.08 Å². The monoisotopic (exact) mass is 205 g/mol. The standard InChI is InChI=1S/C12H19N3/c1-6-7-11-13-10(9(2)3)8-12(14-11)15(4)5/h6-9H,1-5H3/b7-6+. The molecule has 1 rings (SSSR count). The zero-order valence-corrected chi connectivity index (χ0v) is 10.2. The number of hydrogen-bond acceptors (Lipinski definition) is 3. The van der Waals surface area contributed by atoms with E-state index in [1.54, 1.807) is 0 Å². The van der Waals surface area contributed by atoms with Crippen LogP contribution in [-0.2, 0) is 0 Å². The van der Waals surface area contributed by atoms with Gasteiger partial charge in [0, 0.05) is 25.9 Å². The summed E-state index contributed by atoms with van der Waals surface area (Å²) in [5.74, 6) is 2.17. The van der Waals surface area contributed by atoms with Crippen molar-refractivity contribution in [2.45, 2.75) is 26.7 Å². The first-order chi connectivity index (χ1) is 7.04. The zero-order chi connectivity index (χ0) is 11.4. The van der Waals surface area contributed by atoms with Crippen molar-refractivity contribution in [2.75, 3.05) is 19.0 Å². The predicted molar refractivity (Wildman–Crippen MR) is 65.2 cm³/mol. The third kappa shape index (κ3) is 3.05. The molecule has 0 saturated heterocycles. The van der Waals surface area contributed by atoms with Crippen LogP contribution < -0.4 is 4.90 Å². The average molecular weight is 205 g/mol. The van der Waals surface area contributed by atoms with Gasteiger partial charge in [0.25, 0.3) is 0 Å². The van der Waals surface area contributed by atoms with Crippen LogP contribution in [-0.4, -0.2) is 24.1 Å². The van der Waals surface area contributed by atoms with Crippen LogP contribution in [0.1, 0.15) is 38.2 Å². The van der Waals surface area contributed by atoms with Gasteiger partial charge in [0.05, 0.1) is 0 Å². The van der Waals surface area contributed by atoms with Crippen LogP contribution in [0.5, 0.6) is 0 Å². The lowest BCUT2D eigenvalue weighted by Gasteiger charge is -2.14. The van der Waals surface area contributed by atoms with Crippen molar-refractivity contribution in [1.82, 2.24) is 9.97 Å². The maximum absolute atomic E-state index is 4.48. The summed E-state index contributed by atoms with van der Waals surface area (Å²) in [4.78, 5) is 10.9. The van der Waals surface area contributed by atoms with Gasteiger partial charge in [-0.3, -0.25) is 0 Å². The first-order valence-electron chi connectivity index (χ1n) is 5.23. The number of nitrogens with zero attached hydrogens (tertiary/aromatic N) is 3. The number of anilines is 1. The van der Waals surface area contributed by atoms with Gasteiger partial charge in [0.1, 0.15) is 5.82 Å². The molecule has 0 saturated carbocycles. The van der Waals surface area contributed by atoms with E-state index in [2.05, 4.69) is 23.8 Å². The fourth-order valence-corrected chi connectivity index (χ4v) is 1.22. The van der Waals surface area contributed by atoms with Crippen molar-refractivity contribution in [3.8, 4) is 0 Å². The van der Waals surface area contributed by atoms with Gasteiger partial charge in [-0.25, -0.2) is 9.97 Å². The molecule has 1 heterocycles. The van der Waals surface area contributed by atoms with E-state index in [0.29, 0.717) is 5.92 Å². The van der Waals surface area contributed by atoms with Crippen molar-refractivity contribution in [1.29, 1.82) is 0 Å². The normalized spacial score (nSPS) is 11.3. The van der Waals surface area contributed by atoms with Gasteiger partial charge >= 0.3 is 0 Å². The molecule has 0 spiro atoms. The Bertz CT molecular complexity index is 328. The zero-order valence-electron chi connectivity index (χ0n) is 10.2. The van der Waals surface area contributed by atoms with E-state index in [-0.39, 0.29) is 0 Å². The molecule has 0 N–H and O–H groups in total. The minimum atomic E-state index is 0.427. The van der Waals surface area contributed by atoms with Crippen molar-refractivity contribution >= 4 is 11.9 Å². The molecule has 0 bridgehead atoms. The van der Waals surface area contributed by atoms with Crippen LogP contribution in [0.15, 0.2) is 12.1 Å². The van der Waals surface area contributed by atoms with E-state index >= 15 is 0 Å². The molecular weight excluding hydrogens is 186 g/mol. The maximum atomic E-state index is 4.48. The second-order valence-electron chi connectivity index (χ2n) is 4.06. The summed E-state index contributed by atoms with van der Waals surface area (Å²) in [5.41, 5.74) is 1.09. The quantitative estimate of drug-likeness (QED) is 0.759. The molecule has 0 unspecified atom stereocenters. The lowest BCUT2D eigenvalue weighted by Crippen LogP contribution is -2.13. The van der Waals surface area contributed by atoms with E-state index < -0.39 is 0 Å². The number of hydrogen-bond donors (Lipinski definition) is 0.